The number of hydrogen-bond acceptors (Lipinski definition) is 4. The molecule has 0 spiro atoms. The Morgan fingerprint density at radius 3 is 2.83 bits per heavy atom. The van der Waals surface area contributed by atoms with Crippen LogP contribution in [0.3, 0.4) is 0 Å². The Morgan fingerprint density at radius 2 is 2.17 bits per heavy atom. The maximum absolute atomic E-state index is 11.7. The minimum atomic E-state index is -0.518. The van der Waals surface area contributed by atoms with Gasteiger partial charge >= 0.3 is 10.8 Å². The number of thiazole rings is 1. The average Bonchev–Trinajstić information content (AvgIpc) is 2.72. The second-order valence-electron chi connectivity index (χ2n) is 3.42. The van der Waals surface area contributed by atoms with Gasteiger partial charge in [0.2, 0.25) is 0 Å². The Labute approximate surface area is 112 Å². The summed E-state index contributed by atoms with van der Waals surface area (Å²) in [6, 6.07) is 7.00. The summed E-state index contributed by atoms with van der Waals surface area (Å²) < 4.78 is 4.91. The second-order valence-corrected chi connectivity index (χ2v) is 4.81. The van der Waals surface area contributed by atoms with E-state index in [9.17, 15) is 9.59 Å². The number of nitrogens with one attached hydrogen (secondary N) is 1. The highest BCUT2D eigenvalue weighted by atomic mass is 35.5. The molecule has 0 saturated heterocycles. The van der Waals surface area contributed by atoms with E-state index in [0.29, 0.717) is 16.3 Å². The molecule has 0 atom stereocenters. The van der Waals surface area contributed by atoms with E-state index < -0.39 is 5.97 Å². The van der Waals surface area contributed by atoms with E-state index in [2.05, 4.69) is 4.98 Å². The maximum Gasteiger partial charge on any atom is 0.350 e. The zero-order chi connectivity index (χ0) is 13.1. The zero-order valence-electron chi connectivity index (χ0n) is 9.53. The highest BCUT2D eigenvalue weighted by molar-refractivity contribution is 7.11. The largest absolute Gasteiger partial charge is 0.462 e. The van der Waals surface area contributed by atoms with Crippen LogP contribution >= 0.6 is 22.9 Å². The van der Waals surface area contributed by atoms with Crippen LogP contribution < -0.4 is 4.87 Å². The molecule has 0 aliphatic carbocycles. The quantitative estimate of drug-likeness (QED) is 0.881. The van der Waals surface area contributed by atoms with Crippen LogP contribution in [-0.4, -0.2) is 17.6 Å². The number of ether oxygens (including phenoxy) is 1. The molecular weight excluding hydrogens is 274 g/mol. The summed E-state index contributed by atoms with van der Waals surface area (Å²) in [6.45, 7) is 1.97. The van der Waals surface area contributed by atoms with Crippen LogP contribution in [0.1, 0.15) is 16.6 Å². The minimum Gasteiger partial charge on any atom is -0.462 e. The summed E-state index contributed by atoms with van der Waals surface area (Å²) in [7, 11) is 0. The average molecular weight is 284 g/mol. The van der Waals surface area contributed by atoms with Crippen LogP contribution in [0.2, 0.25) is 5.02 Å². The van der Waals surface area contributed by atoms with Crippen molar-refractivity contribution in [3.8, 4) is 11.3 Å². The summed E-state index contributed by atoms with van der Waals surface area (Å²) in [6.07, 6.45) is 0. The molecule has 0 fully saturated rings. The fraction of sp³-hybridized carbons (Fsp3) is 0.167. The number of hydrogen-bond donors (Lipinski definition) is 1. The summed E-state index contributed by atoms with van der Waals surface area (Å²) in [5, 5.41) is 0.470. The van der Waals surface area contributed by atoms with Crippen LogP contribution in [0.4, 0.5) is 0 Å². The first-order valence-electron chi connectivity index (χ1n) is 5.28. The van der Waals surface area contributed by atoms with Crippen molar-refractivity contribution in [3.63, 3.8) is 0 Å². The van der Waals surface area contributed by atoms with Gasteiger partial charge < -0.3 is 9.72 Å². The van der Waals surface area contributed by atoms with Crippen molar-refractivity contribution in [2.75, 3.05) is 6.61 Å². The predicted molar refractivity (Wildman–Crippen MR) is 71.3 cm³/mol. The normalized spacial score (nSPS) is 10.3. The SMILES string of the molecule is CCOC(=O)c1sc(=O)[nH]c1-c1ccccc1Cl. The van der Waals surface area contributed by atoms with Crippen LogP contribution in [0.25, 0.3) is 11.3 Å². The Bertz CT molecular complexity index is 632. The van der Waals surface area contributed by atoms with Gasteiger partial charge in [-0.2, -0.15) is 0 Å². The van der Waals surface area contributed by atoms with E-state index in [-0.39, 0.29) is 16.4 Å². The van der Waals surface area contributed by atoms with Gasteiger partial charge in [0.05, 0.1) is 12.3 Å². The molecule has 6 heteroatoms. The number of aromatic amines is 1. The number of carbonyl (C=O) groups is 1. The molecule has 94 valence electrons. The molecule has 0 unspecified atom stereocenters. The third kappa shape index (κ3) is 2.47. The Balaban J connectivity index is 2.55. The fourth-order valence-corrected chi connectivity index (χ4v) is 2.50. The van der Waals surface area contributed by atoms with E-state index in [0.717, 1.165) is 11.3 Å². The first-order valence-corrected chi connectivity index (χ1v) is 6.48. The predicted octanol–water partition coefficient (Wildman–Crippen LogP) is 2.93. The molecule has 18 heavy (non-hydrogen) atoms. The number of esters is 1. The summed E-state index contributed by atoms with van der Waals surface area (Å²) in [5.74, 6) is -0.518. The van der Waals surface area contributed by atoms with Gasteiger partial charge in [0.25, 0.3) is 0 Å². The Hall–Kier alpha value is -1.59. The van der Waals surface area contributed by atoms with Gasteiger partial charge in [-0.05, 0) is 13.0 Å². The molecule has 2 rings (SSSR count). The lowest BCUT2D eigenvalue weighted by Gasteiger charge is -2.04. The lowest BCUT2D eigenvalue weighted by Crippen LogP contribution is -2.04. The monoisotopic (exact) mass is 283 g/mol. The van der Waals surface area contributed by atoms with Crippen molar-refractivity contribution in [1.82, 2.24) is 4.98 Å². The maximum atomic E-state index is 11.7. The van der Waals surface area contributed by atoms with Gasteiger partial charge in [0.1, 0.15) is 4.88 Å². The minimum absolute atomic E-state index is 0.245. The van der Waals surface area contributed by atoms with Crippen molar-refractivity contribution in [3.05, 3.63) is 43.8 Å². The first kappa shape index (κ1) is 12.9. The lowest BCUT2D eigenvalue weighted by molar-refractivity contribution is 0.0532. The smallest absolute Gasteiger partial charge is 0.350 e. The summed E-state index contributed by atoms with van der Waals surface area (Å²) >= 11 is 6.87. The van der Waals surface area contributed by atoms with Gasteiger partial charge in [-0.1, -0.05) is 41.1 Å². The summed E-state index contributed by atoms with van der Waals surface area (Å²) in [5.41, 5.74) is 1.02. The first-order chi connectivity index (χ1) is 8.63. The number of aromatic nitrogens is 1. The number of carbonyl (C=O) groups excluding carboxylic acids is 1. The lowest BCUT2D eigenvalue weighted by atomic mass is 10.1. The third-order valence-corrected chi connectivity index (χ3v) is 3.44. The molecule has 1 aromatic carbocycles. The van der Waals surface area contributed by atoms with Gasteiger partial charge in [-0.25, -0.2) is 4.79 Å². The molecule has 2 aromatic rings. The van der Waals surface area contributed by atoms with Crippen molar-refractivity contribution < 1.29 is 9.53 Å². The second kappa shape index (κ2) is 5.37. The van der Waals surface area contributed by atoms with Crippen molar-refractivity contribution in [1.29, 1.82) is 0 Å². The molecule has 1 heterocycles. The number of rotatable bonds is 3. The van der Waals surface area contributed by atoms with E-state index in [4.69, 9.17) is 16.3 Å². The molecule has 1 aromatic heterocycles. The molecule has 0 bridgehead atoms. The van der Waals surface area contributed by atoms with Gasteiger partial charge in [0.15, 0.2) is 0 Å². The molecule has 0 radical (unpaired) electrons. The number of halogens is 1. The molecule has 0 aliphatic rings. The highest BCUT2D eigenvalue weighted by Gasteiger charge is 2.19. The number of H-pyrrole nitrogens is 1. The van der Waals surface area contributed by atoms with E-state index in [1.165, 1.54) is 0 Å². The molecule has 4 nitrogen and oxygen atoms in total. The topological polar surface area (TPSA) is 59.2 Å². The van der Waals surface area contributed by atoms with Crippen molar-refractivity contribution in [2.24, 2.45) is 0 Å². The van der Waals surface area contributed by atoms with E-state index >= 15 is 0 Å². The van der Waals surface area contributed by atoms with Crippen molar-refractivity contribution >= 4 is 28.9 Å². The fourth-order valence-electron chi connectivity index (χ4n) is 1.52. The Morgan fingerprint density at radius 1 is 1.44 bits per heavy atom. The summed E-state index contributed by atoms with van der Waals surface area (Å²) in [4.78, 5) is 25.7. The molecule has 0 aliphatic heterocycles. The molecule has 0 saturated carbocycles. The van der Waals surface area contributed by atoms with E-state index in [1.54, 1.807) is 31.2 Å². The van der Waals surface area contributed by atoms with Crippen LogP contribution in [0, 0.1) is 0 Å². The standard InChI is InChI=1S/C12H10ClNO3S/c1-2-17-11(15)10-9(14-12(16)18-10)7-5-3-4-6-8(7)13/h3-6H,2H2,1H3,(H,14,16). The van der Waals surface area contributed by atoms with Crippen molar-refractivity contribution in [2.45, 2.75) is 6.92 Å². The van der Waals surface area contributed by atoms with Gasteiger partial charge in [0, 0.05) is 10.6 Å². The van der Waals surface area contributed by atoms with E-state index in [1.807, 2.05) is 0 Å². The highest BCUT2D eigenvalue weighted by Crippen LogP contribution is 2.30. The zero-order valence-corrected chi connectivity index (χ0v) is 11.1. The van der Waals surface area contributed by atoms with Crippen LogP contribution in [-0.2, 0) is 4.74 Å². The Kier molecular flexibility index (Phi) is 3.84. The van der Waals surface area contributed by atoms with Crippen LogP contribution in [0.15, 0.2) is 29.1 Å². The van der Waals surface area contributed by atoms with Gasteiger partial charge in [-0.3, -0.25) is 4.79 Å². The molecule has 0 amide bonds. The van der Waals surface area contributed by atoms with Gasteiger partial charge in [-0.15, -0.1) is 0 Å². The third-order valence-electron chi connectivity index (χ3n) is 2.25. The molecular formula is C12H10ClNO3S. The molecule has 1 N–H and O–H groups in total. The van der Waals surface area contributed by atoms with Crippen LogP contribution in [0.5, 0.6) is 0 Å². The number of benzene rings is 1.